The average molecular weight is 298 g/mol. The van der Waals surface area contributed by atoms with Gasteiger partial charge in [-0.3, -0.25) is 0 Å². The lowest BCUT2D eigenvalue weighted by molar-refractivity contribution is 0.271. The van der Waals surface area contributed by atoms with E-state index in [4.69, 9.17) is 23.2 Å². The molecule has 1 nitrogen and oxygen atoms in total. The van der Waals surface area contributed by atoms with Gasteiger partial charge in [0.15, 0.2) is 0 Å². The van der Waals surface area contributed by atoms with Crippen LogP contribution in [0.1, 0.15) is 44.1 Å². The molecule has 2 aliphatic rings. The lowest BCUT2D eigenvalue weighted by Gasteiger charge is -2.35. The molecule has 1 aliphatic carbocycles. The van der Waals surface area contributed by atoms with E-state index in [0.29, 0.717) is 5.02 Å². The van der Waals surface area contributed by atoms with E-state index in [-0.39, 0.29) is 5.54 Å². The van der Waals surface area contributed by atoms with E-state index >= 15 is 0 Å². The van der Waals surface area contributed by atoms with Gasteiger partial charge in [-0.2, -0.15) is 0 Å². The average Bonchev–Trinajstić information content (AvgIpc) is 3.22. The predicted molar refractivity (Wildman–Crippen MR) is 82.1 cm³/mol. The number of hydrogen-bond acceptors (Lipinski definition) is 1. The van der Waals surface area contributed by atoms with Crippen LogP contribution in [0.5, 0.6) is 0 Å². The largest absolute Gasteiger partial charge is 0.311 e. The molecule has 1 N–H and O–H groups in total. The quantitative estimate of drug-likeness (QED) is 0.841. The Kier molecular flexibility index (Phi) is 4.07. The van der Waals surface area contributed by atoms with Crippen LogP contribution in [0.4, 0.5) is 0 Å². The SMILES string of the molecule is Clc1cccc(CC2(C3CC3)CCCCCN2)c1Cl. The first kappa shape index (κ1) is 13.7. The molecule has 1 saturated carbocycles. The number of halogens is 2. The molecule has 1 unspecified atom stereocenters. The van der Waals surface area contributed by atoms with E-state index in [1.54, 1.807) is 0 Å². The van der Waals surface area contributed by atoms with Gasteiger partial charge in [0.25, 0.3) is 0 Å². The smallest absolute Gasteiger partial charge is 0.0624 e. The molecule has 0 spiro atoms. The van der Waals surface area contributed by atoms with E-state index in [0.717, 1.165) is 23.9 Å². The molecule has 3 heteroatoms. The normalized spacial score (nSPS) is 28.1. The number of nitrogens with one attached hydrogen (secondary N) is 1. The van der Waals surface area contributed by atoms with Crippen LogP contribution in [-0.2, 0) is 6.42 Å². The first-order valence-corrected chi connectivity index (χ1v) is 8.15. The molecule has 1 saturated heterocycles. The highest BCUT2D eigenvalue weighted by molar-refractivity contribution is 6.42. The zero-order chi connectivity index (χ0) is 13.3. The van der Waals surface area contributed by atoms with Crippen LogP contribution in [0, 0.1) is 5.92 Å². The topological polar surface area (TPSA) is 12.0 Å². The fourth-order valence-corrected chi connectivity index (χ4v) is 3.86. The summed E-state index contributed by atoms with van der Waals surface area (Å²) in [5, 5.41) is 5.28. The van der Waals surface area contributed by atoms with Gasteiger partial charge in [0, 0.05) is 5.54 Å². The van der Waals surface area contributed by atoms with Crippen LogP contribution in [-0.4, -0.2) is 12.1 Å². The van der Waals surface area contributed by atoms with Crippen molar-refractivity contribution in [1.82, 2.24) is 5.32 Å². The van der Waals surface area contributed by atoms with Crippen LogP contribution >= 0.6 is 23.2 Å². The minimum Gasteiger partial charge on any atom is -0.311 e. The van der Waals surface area contributed by atoms with Crippen LogP contribution in [0.3, 0.4) is 0 Å². The Morgan fingerprint density at radius 2 is 2.00 bits per heavy atom. The fourth-order valence-electron chi connectivity index (χ4n) is 3.47. The third-order valence-corrected chi connectivity index (χ3v) is 5.53. The first-order chi connectivity index (χ1) is 9.21. The van der Waals surface area contributed by atoms with Crippen molar-refractivity contribution in [3.63, 3.8) is 0 Å². The summed E-state index contributed by atoms with van der Waals surface area (Å²) in [4.78, 5) is 0. The summed E-state index contributed by atoms with van der Waals surface area (Å²) in [6.45, 7) is 1.15. The lowest BCUT2D eigenvalue weighted by Crippen LogP contribution is -2.48. The summed E-state index contributed by atoms with van der Waals surface area (Å²) in [7, 11) is 0. The van der Waals surface area contributed by atoms with Crippen molar-refractivity contribution in [2.45, 2.75) is 50.5 Å². The second-order valence-corrected chi connectivity index (χ2v) is 6.84. The molecular weight excluding hydrogens is 277 g/mol. The van der Waals surface area contributed by atoms with Gasteiger partial charge in [-0.15, -0.1) is 0 Å². The van der Waals surface area contributed by atoms with Gasteiger partial charge >= 0.3 is 0 Å². The minimum absolute atomic E-state index is 0.269. The highest BCUT2D eigenvalue weighted by atomic mass is 35.5. The van der Waals surface area contributed by atoms with E-state index in [9.17, 15) is 0 Å². The van der Waals surface area contributed by atoms with Crippen molar-refractivity contribution in [2.75, 3.05) is 6.54 Å². The van der Waals surface area contributed by atoms with Crippen LogP contribution in [0.15, 0.2) is 18.2 Å². The van der Waals surface area contributed by atoms with Gasteiger partial charge in [-0.05, 0) is 56.2 Å². The maximum Gasteiger partial charge on any atom is 0.0624 e. The number of benzene rings is 1. The minimum atomic E-state index is 0.269. The van der Waals surface area contributed by atoms with E-state index in [1.807, 2.05) is 12.1 Å². The van der Waals surface area contributed by atoms with Crippen molar-refractivity contribution in [3.8, 4) is 0 Å². The Labute approximate surface area is 125 Å². The monoisotopic (exact) mass is 297 g/mol. The van der Waals surface area contributed by atoms with Crippen molar-refractivity contribution in [2.24, 2.45) is 5.92 Å². The molecule has 104 valence electrons. The Morgan fingerprint density at radius 1 is 1.16 bits per heavy atom. The van der Waals surface area contributed by atoms with Crippen LogP contribution < -0.4 is 5.32 Å². The highest BCUT2D eigenvalue weighted by Gasteiger charge is 2.45. The van der Waals surface area contributed by atoms with Crippen molar-refractivity contribution in [3.05, 3.63) is 33.8 Å². The molecule has 2 fully saturated rings. The van der Waals surface area contributed by atoms with E-state index in [2.05, 4.69) is 11.4 Å². The molecule has 19 heavy (non-hydrogen) atoms. The van der Waals surface area contributed by atoms with Crippen molar-refractivity contribution in [1.29, 1.82) is 0 Å². The molecule has 1 atom stereocenters. The van der Waals surface area contributed by atoms with Gasteiger partial charge in [0.2, 0.25) is 0 Å². The van der Waals surface area contributed by atoms with Crippen LogP contribution in [0.25, 0.3) is 0 Å². The summed E-state index contributed by atoms with van der Waals surface area (Å²) in [6.07, 6.45) is 9.03. The zero-order valence-electron chi connectivity index (χ0n) is 11.2. The number of rotatable bonds is 3. The molecule has 0 amide bonds. The van der Waals surface area contributed by atoms with Crippen molar-refractivity contribution < 1.29 is 0 Å². The third kappa shape index (κ3) is 2.94. The Balaban J connectivity index is 1.86. The molecule has 0 aromatic heterocycles. The maximum absolute atomic E-state index is 6.38. The molecule has 0 radical (unpaired) electrons. The predicted octanol–water partition coefficient (Wildman–Crippen LogP) is 4.85. The van der Waals surface area contributed by atoms with Crippen molar-refractivity contribution >= 4 is 23.2 Å². The van der Waals surface area contributed by atoms with Gasteiger partial charge in [-0.1, -0.05) is 48.2 Å². The molecule has 1 aromatic rings. The van der Waals surface area contributed by atoms with Crippen LogP contribution in [0.2, 0.25) is 10.0 Å². The van der Waals surface area contributed by atoms with Gasteiger partial charge in [0.1, 0.15) is 0 Å². The third-order valence-electron chi connectivity index (χ3n) is 4.67. The molecule has 1 heterocycles. The second kappa shape index (κ2) is 5.63. The Morgan fingerprint density at radius 3 is 2.79 bits per heavy atom. The maximum atomic E-state index is 6.38. The zero-order valence-corrected chi connectivity index (χ0v) is 12.7. The summed E-state index contributed by atoms with van der Waals surface area (Å²) in [5.41, 5.74) is 1.47. The lowest BCUT2D eigenvalue weighted by atomic mass is 9.82. The molecule has 1 aliphatic heterocycles. The standard InChI is InChI=1S/C16H21Cl2N/c17-14-6-4-5-12(15(14)18)11-16(13-7-8-13)9-2-1-3-10-19-16/h4-6,13,19H,1-3,7-11H2. The van der Waals surface area contributed by atoms with E-state index in [1.165, 1.54) is 44.1 Å². The molecule has 0 bridgehead atoms. The Bertz CT molecular complexity index is 446. The molecular formula is C16H21Cl2N. The number of hydrogen-bond donors (Lipinski definition) is 1. The fraction of sp³-hybridized carbons (Fsp3) is 0.625. The summed E-state index contributed by atoms with van der Waals surface area (Å²) in [5.74, 6) is 0.834. The van der Waals surface area contributed by atoms with Gasteiger partial charge < -0.3 is 5.32 Å². The second-order valence-electron chi connectivity index (χ2n) is 6.06. The summed E-state index contributed by atoms with van der Waals surface area (Å²) >= 11 is 12.5. The molecule has 1 aromatic carbocycles. The van der Waals surface area contributed by atoms with Gasteiger partial charge in [0.05, 0.1) is 10.0 Å². The Hall–Kier alpha value is -0.240. The first-order valence-electron chi connectivity index (χ1n) is 7.39. The van der Waals surface area contributed by atoms with Gasteiger partial charge in [-0.25, -0.2) is 0 Å². The van der Waals surface area contributed by atoms with E-state index < -0.39 is 0 Å². The summed E-state index contributed by atoms with van der Waals surface area (Å²) < 4.78 is 0. The molecule has 3 rings (SSSR count). The highest BCUT2D eigenvalue weighted by Crippen LogP contribution is 2.46. The summed E-state index contributed by atoms with van der Waals surface area (Å²) in [6, 6.07) is 6.02.